The van der Waals surface area contributed by atoms with Crippen molar-refractivity contribution >= 4 is 23.1 Å². The van der Waals surface area contributed by atoms with Gasteiger partial charge in [-0.15, -0.1) is 0 Å². The Morgan fingerprint density at radius 3 is 2.65 bits per heavy atom. The molecule has 0 amide bonds. The van der Waals surface area contributed by atoms with Crippen molar-refractivity contribution in [1.29, 1.82) is 0 Å². The summed E-state index contributed by atoms with van der Waals surface area (Å²) in [5, 5.41) is 4.82. The van der Waals surface area contributed by atoms with Gasteiger partial charge in [0.15, 0.2) is 5.65 Å². The highest BCUT2D eigenvalue weighted by molar-refractivity contribution is 6.29. The average molecular weight is 253 g/mol. The Kier molecular flexibility index (Phi) is 3.84. The Labute approximate surface area is 106 Å². The summed E-state index contributed by atoms with van der Waals surface area (Å²) in [7, 11) is 0. The summed E-state index contributed by atoms with van der Waals surface area (Å²) in [6, 6.07) is 3.75. The largest absolute Gasteiger partial charge is 0.356 e. The Morgan fingerprint density at radius 1 is 1.29 bits per heavy atom. The first-order chi connectivity index (χ1) is 8.26. The number of rotatable bonds is 5. The number of halogens is 1. The van der Waals surface area contributed by atoms with Gasteiger partial charge in [0.2, 0.25) is 0 Å². The predicted molar refractivity (Wildman–Crippen MR) is 70.8 cm³/mol. The molecule has 0 atom stereocenters. The minimum atomic E-state index is 0.519. The summed E-state index contributed by atoms with van der Waals surface area (Å²) in [5.41, 5.74) is 0.796. The molecule has 0 aliphatic carbocycles. The van der Waals surface area contributed by atoms with E-state index in [4.69, 9.17) is 11.6 Å². The third-order valence-electron chi connectivity index (χ3n) is 2.62. The molecule has 0 aromatic carbocycles. The zero-order valence-corrected chi connectivity index (χ0v) is 11.0. The SMILES string of the molecule is CCCN(CCC)c1cc(Cl)nc2ccnn12. The fraction of sp³-hybridized carbons (Fsp3) is 0.500. The maximum absolute atomic E-state index is 6.05. The summed E-state index contributed by atoms with van der Waals surface area (Å²) >= 11 is 6.05. The van der Waals surface area contributed by atoms with Crippen molar-refractivity contribution in [2.24, 2.45) is 0 Å². The molecule has 92 valence electrons. The molecule has 17 heavy (non-hydrogen) atoms. The van der Waals surface area contributed by atoms with Gasteiger partial charge in [0.05, 0.1) is 6.20 Å². The van der Waals surface area contributed by atoms with Crippen molar-refractivity contribution < 1.29 is 0 Å². The van der Waals surface area contributed by atoms with Crippen LogP contribution in [0.25, 0.3) is 5.65 Å². The first-order valence-corrected chi connectivity index (χ1v) is 6.39. The average Bonchev–Trinajstić information content (AvgIpc) is 2.75. The van der Waals surface area contributed by atoms with Crippen LogP contribution in [0, 0.1) is 0 Å². The second-order valence-electron chi connectivity index (χ2n) is 4.03. The van der Waals surface area contributed by atoms with Gasteiger partial charge in [0.25, 0.3) is 0 Å². The molecule has 0 unspecified atom stereocenters. The van der Waals surface area contributed by atoms with E-state index in [0.717, 1.165) is 37.4 Å². The van der Waals surface area contributed by atoms with E-state index in [0.29, 0.717) is 5.15 Å². The van der Waals surface area contributed by atoms with E-state index in [2.05, 4.69) is 28.8 Å². The number of hydrogen-bond acceptors (Lipinski definition) is 3. The van der Waals surface area contributed by atoms with Gasteiger partial charge in [-0.25, -0.2) is 4.98 Å². The van der Waals surface area contributed by atoms with Crippen LogP contribution in [0.15, 0.2) is 18.3 Å². The molecule has 0 saturated heterocycles. The number of hydrogen-bond donors (Lipinski definition) is 0. The molecule has 2 heterocycles. The Balaban J connectivity index is 2.46. The molecular formula is C12H17ClN4. The molecule has 0 radical (unpaired) electrons. The lowest BCUT2D eigenvalue weighted by Crippen LogP contribution is -2.27. The lowest BCUT2D eigenvalue weighted by atomic mass is 10.3. The van der Waals surface area contributed by atoms with Crippen LogP contribution in [0.4, 0.5) is 5.82 Å². The highest BCUT2D eigenvalue weighted by Gasteiger charge is 2.11. The van der Waals surface area contributed by atoms with E-state index in [-0.39, 0.29) is 0 Å². The van der Waals surface area contributed by atoms with Crippen LogP contribution >= 0.6 is 11.6 Å². The molecule has 0 N–H and O–H groups in total. The molecule has 0 spiro atoms. The third-order valence-corrected chi connectivity index (χ3v) is 2.81. The third kappa shape index (κ3) is 2.52. The van der Waals surface area contributed by atoms with Crippen molar-refractivity contribution in [2.75, 3.05) is 18.0 Å². The standard InChI is InChI=1S/C12H17ClN4/c1-3-7-16(8-4-2)12-9-10(13)15-11-5-6-14-17(11)12/h5-6,9H,3-4,7-8H2,1-2H3. The first-order valence-electron chi connectivity index (χ1n) is 6.01. The van der Waals surface area contributed by atoms with Crippen LogP contribution in [0.1, 0.15) is 26.7 Å². The van der Waals surface area contributed by atoms with Crippen LogP contribution in [-0.2, 0) is 0 Å². The monoisotopic (exact) mass is 252 g/mol. The molecule has 0 fully saturated rings. The van der Waals surface area contributed by atoms with Gasteiger partial charge < -0.3 is 4.90 Å². The van der Waals surface area contributed by atoms with Crippen LogP contribution in [0.5, 0.6) is 0 Å². The Hall–Kier alpha value is -1.29. The van der Waals surface area contributed by atoms with Gasteiger partial charge in [-0.1, -0.05) is 25.4 Å². The highest BCUT2D eigenvalue weighted by atomic mass is 35.5. The highest BCUT2D eigenvalue weighted by Crippen LogP contribution is 2.20. The van der Waals surface area contributed by atoms with Crippen LogP contribution in [0.3, 0.4) is 0 Å². The summed E-state index contributed by atoms with van der Waals surface area (Å²) < 4.78 is 1.84. The van der Waals surface area contributed by atoms with Crippen molar-refractivity contribution in [3.8, 4) is 0 Å². The maximum Gasteiger partial charge on any atom is 0.159 e. The van der Waals surface area contributed by atoms with Gasteiger partial charge in [-0.3, -0.25) is 0 Å². The van der Waals surface area contributed by atoms with Crippen LogP contribution < -0.4 is 4.90 Å². The van der Waals surface area contributed by atoms with Gasteiger partial charge in [-0.2, -0.15) is 9.61 Å². The molecule has 0 aliphatic heterocycles. The van der Waals surface area contributed by atoms with E-state index in [9.17, 15) is 0 Å². The molecule has 5 heteroatoms. The lowest BCUT2D eigenvalue weighted by Gasteiger charge is -2.24. The molecule has 2 rings (SSSR count). The Morgan fingerprint density at radius 2 is 2.00 bits per heavy atom. The quantitative estimate of drug-likeness (QED) is 0.767. The van der Waals surface area contributed by atoms with Crippen molar-refractivity contribution in [1.82, 2.24) is 14.6 Å². The van der Waals surface area contributed by atoms with Gasteiger partial charge in [-0.05, 0) is 12.8 Å². The minimum absolute atomic E-state index is 0.519. The van der Waals surface area contributed by atoms with Crippen molar-refractivity contribution in [3.63, 3.8) is 0 Å². The van der Waals surface area contributed by atoms with E-state index in [1.165, 1.54) is 0 Å². The van der Waals surface area contributed by atoms with E-state index in [1.807, 2.05) is 16.6 Å². The molecule has 0 aliphatic rings. The fourth-order valence-electron chi connectivity index (χ4n) is 1.97. The smallest absolute Gasteiger partial charge is 0.159 e. The zero-order chi connectivity index (χ0) is 12.3. The lowest BCUT2D eigenvalue weighted by molar-refractivity contribution is 0.715. The first kappa shape index (κ1) is 12.2. The zero-order valence-electron chi connectivity index (χ0n) is 10.2. The molecule has 2 aromatic heterocycles. The van der Waals surface area contributed by atoms with E-state index >= 15 is 0 Å². The summed E-state index contributed by atoms with van der Waals surface area (Å²) in [6.45, 7) is 6.35. The Bertz CT molecular complexity index is 488. The second-order valence-corrected chi connectivity index (χ2v) is 4.41. The fourth-order valence-corrected chi connectivity index (χ4v) is 2.16. The van der Waals surface area contributed by atoms with Crippen molar-refractivity contribution in [2.45, 2.75) is 26.7 Å². The van der Waals surface area contributed by atoms with E-state index in [1.54, 1.807) is 6.20 Å². The van der Waals surface area contributed by atoms with Gasteiger partial charge in [0, 0.05) is 25.2 Å². The number of fused-ring (bicyclic) bond motifs is 1. The normalized spacial score (nSPS) is 11.0. The maximum atomic E-state index is 6.05. The number of aromatic nitrogens is 3. The summed E-state index contributed by atoms with van der Waals surface area (Å²) in [6.07, 6.45) is 3.95. The molecular weight excluding hydrogens is 236 g/mol. The van der Waals surface area contributed by atoms with Gasteiger partial charge in [0.1, 0.15) is 11.0 Å². The van der Waals surface area contributed by atoms with Crippen LogP contribution in [0.2, 0.25) is 5.15 Å². The van der Waals surface area contributed by atoms with E-state index < -0.39 is 0 Å². The molecule has 0 saturated carbocycles. The molecule has 4 nitrogen and oxygen atoms in total. The van der Waals surface area contributed by atoms with Crippen molar-refractivity contribution in [3.05, 3.63) is 23.5 Å². The molecule has 2 aromatic rings. The minimum Gasteiger partial charge on any atom is -0.356 e. The number of nitrogens with zero attached hydrogens (tertiary/aromatic N) is 4. The number of anilines is 1. The topological polar surface area (TPSA) is 33.4 Å². The second kappa shape index (κ2) is 5.36. The molecule has 0 bridgehead atoms. The van der Waals surface area contributed by atoms with Gasteiger partial charge >= 0.3 is 0 Å². The predicted octanol–water partition coefficient (Wildman–Crippen LogP) is 3.01. The summed E-state index contributed by atoms with van der Waals surface area (Å²) in [4.78, 5) is 6.54. The van der Waals surface area contributed by atoms with Crippen LogP contribution in [-0.4, -0.2) is 27.7 Å². The summed E-state index contributed by atoms with van der Waals surface area (Å²) in [5.74, 6) is 1.02.